The quantitative estimate of drug-likeness (QED) is 0.722. The van der Waals surface area contributed by atoms with Crippen molar-refractivity contribution in [3.63, 3.8) is 0 Å². The van der Waals surface area contributed by atoms with Crippen LogP contribution < -0.4 is 5.32 Å². The number of alkyl carbamates (subject to hydrolysis) is 1. The minimum Gasteiger partial charge on any atom is -0.445 e. The molecular formula is C20H22N4O3. The van der Waals surface area contributed by atoms with E-state index in [0.717, 1.165) is 5.56 Å². The summed E-state index contributed by atoms with van der Waals surface area (Å²) in [4.78, 5) is 25.3. The van der Waals surface area contributed by atoms with Crippen molar-refractivity contribution in [1.82, 2.24) is 20.3 Å². The standard InChI is InChI=1S/C20H22N4O3/c1-3-14(2)18(21-20(26)27-13-15-9-5-4-6-10-15)19(25)24-17-12-8-7-11-16(17)22-23-24/h4-12,14,18H,3,13H2,1-2H3,(H,21,26). The van der Waals surface area contributed by atoms with Crippen LogP contribution in [0, 0.1) is 5.92 Å². The third-order valence-corrected chi connectivity index (χ3v) is 4.53. The topological polar surface area (TPSA) is 86.1 Å². The van der Waals surface area contributed by atoms with Crippen molar-refractivity contribution in [2.75, 3.05) is 0 Å². The van der Waals surface area contributed by atoms with Crippen molar-refractivity contribution in [2.45, 2.75) is 32.9 Å². The van der Waals surface area contributed by atoms with E-state index in [9.17, 15) is 9.59 Å². The number of rotatable bonds is 6. The van der Waals surface area contributed by atoms with Crippen LogP contribution in [0.15, 0.2) is 54.6 Å². The molecule has 3 rings (SSSR count). The molecule has 2 unspecified atom stereocenters. The summed E-state index contributed by atoms with van der Waals surface area (Å²) in [6.07, 6.45) is 0.0732. The Morgan fingerprint density at radius 1 is 1.11 bits per heavy atom. The molecule has 1 N–H and O–H groups in total. The van der Waals surface area contributed by atoms with Crippen molar-refractivity contribution in [3.8, 4) is 0 Å². The molecule has 0 fully saturated rings. The lowest BCUT2D eigenvalue weighted by Crippen LogP contribution is -2.47. The van der Waals surface area contributed by atoms with E-state index in [1.807, 2.05) is 56.3 Å². The highest BCUT2D eigenvalue weighted by Gasteiger charge is 2.29. The van der Waals surface area contributed by atoms with Crippen molar-refractivity contribution < 1.29 is 14.3 Å². The zero-order chi connectivity index (χ0) is 19.2. The van der Waals surface area contributed by atoms with Crippen LogP contribution >= 0.6 is 0 Å². The Morgan fingerprint density at radius 2 is 1.81 bits per heavy atom. The van der Waals surface area contributed by atoms with Crippen LogP contribution in [-0.2, 0) is 11.3 Å². The van der Waals surface area contributed by atoms with Crippen LogP contribution in [0.3, 0.4) is 0 Å². The minimum absolute atomic E-state index is 0.0928. The Labute approximate surface area is 157 Å². The van der Waals surface area contributed by atoms with Gasteiger partial charge in [-0.1, -0.05) is 67.9 Å². The van der Waals surface area contributed by atoms with E-state index in [1.165, 1.54) is 4.68 Å². The lowest BCUT2D eigenvalue weighted by atomic mass is 9.98. The molecule has 1 heterocycles. The zero-order valence-corrected chi connectivity index (χ0v) is 15.3. The number of nitrogens with zero attached hydrogens (tertiary/aromatic N) is 3. The van der Waals surface area contributed by atoms with Gasteiger partial charge >= 0.3 is 6.09 Å². The first-order chi connectivity index (χ1) is 13.1. The van der Waals surface area contributed by atoms with Gasteiger partial charge in [-0.05, 0) is 23.6 Å². The fraction of sp³-hybridized carbons (Fsp3) is 0.300. The Kier molecular flexibility index (Phi) is 5.80. The molecule has 0 bridgehead atoms. The second-order valence-corrected chi connectivity index (χ2v) is 6.40. The number of benzene rings is 2. The Morgan fingerprint density at radius 3 is 2.56 bits per heavy atom. The number of para-hydroxylation sites is 1. The molecule has 27 heavy (non-hydrogen) atoms. The van der Waals surface area contributed by atoms with Gasteiger partial charge < -0.3 is 10.1 Å². The maximum atomic E-state index is 13.0. The van der Waals surface area contributed by atoms with E-state index in [1.54, 1.807) is 12.1 Å². The molecule has 2 aromatic carbocycles. The second kappa shape index (κ2) is 8.44. The predicted octanol–water partition coefficient (Wildman–Crippen LogP) is 3.41. The van der Waals surface area contributed by atoms with Crippen molar-refractivity contribution in [2.24, 2.45) is 5.92 Å². The summed E-state index contributed by atoms with van der Waals surface area (Å²) in [5, 5.41) is 10.7. The number of carbonyl (C=O) groups is 2. The fourth-order valence-corrected chi connectivity index (χ4v) is 2.74. The summed E-state index contributed by atoms with van der Waals surface area (Å²) < 4.78 is 6.50. The van der Waals surface area contributed by atoms with Crippen LogP contribution in [0.1, 0.15) is 30.6 Å². The van der Waals surface area contributed by atoms with Gasteiger partial charge in [0.2, 0.25) is 0 Å². The van der Waals surface area contributed by atoms with E-state index in [-0.39, 0.29) is 18.4 Å². The number of aromatic nitrogens is 3. The van der Waals surface area contributed by atoms with Crippen molar-refractivity contribution in [3.05, 3.63) is 60.2 Å². The largest absolute Gasteiger partial charge is 0.445 e. The van der Waals surface area contributed by atoms with Gasteiger partial charge in [0.15, 0.2) is 0 Å². The van der Waals surface area contributed by atoms with Crippen LogP contribution in [0.5, 0.6) is 0 Å². The molecule has 0 aliphatic heterocycles. The molecule has 140 valence electrons. The van der Waals surface area contributed by atoms with Gasteiger partial charge in [-0.2, -0.15) is 4.68 Å². The molecule has 0 aliphatic rings. The summed E-state index contributed by atoms with van der Waals surface area (Å²) in [6, 6.07) is 15.8. The van der Waals surface area contributed by atoms with Gasteiger partial charge in [-0.25, -0.2) is 4.79 Å². The Bertz CT molecular complexity index is 923. The SMILES string of the molecule is CCC(C)C(NC(=O)OCc1ccccc1)C(=O)n1nnc2ccccc21. The molecule has 0 radical (unpaired) electrons. The maximum Gasteiger partial charge on any atom is 0.408 e. The summed E-state index contributed by atoms with van der Waals surface area (Å²) in [6.45, 7) is 4.00. The van der Waals surface area contributed by atoms with Gasteiger partial charge in [0.05, 0.1) is 5.52 Å². The molecule has 0 saturated heterocycles. The van der Waals surface area contributed by atoms with Gasteiger partial charge in [-0.3, -0.25) is 4.79 Å². The highest BCUT2D eigenvalue weighted by atomic mass is 16.5. The molecule has 3 aromatic rings. The molecule has 2 atom stereocenters. The summed E-state index contributed by atoms with van der Waals surface area (Å²) >= 11 is 0. The normalized spacial score (nSPS) is 13.1. The van der Waals surface area contributed by atoms with E-state index in [2.05, 4.69) is 15.6 Å². The van der Waals surface area contributed by atoms with E-state index in [0.29, 0.717) is 17.5 Å². The monoisotopic (exact) mass is 366 g/mol. The van der Waals surface area contributed by atoms with Crippen molar-refractivity contribution in [1.29, 1.82) is 0 Å². The second-order valence-electron chi connectivity index (χ2n) is 6.40. The minimum atomic E-state index is -0.761. The maximum absolute atomic E-state index is 13.0. The lowest BCUT2D eigenvalue weighted by molar-refractivity contribution is 0.0784. The number of nitrogens with one attached hydrogen (secondary N) is 1. The molecule has 0 saturated carbocycles. The fourth-order valence-electron chi connectivity index (χ4n) is 2.74. The third-order valence-electron chi connectivity index (χ3n) is 4.53. The molecule has 7 nitrogen and oxygen atoms in total. The number of fused-ring (bicyclic) bond motifs is 1. The summed E-state index contributed by atoms with van der Waals surface area (Å²) in [5.41, 5.74) is 2.11. The molecule has 0 spiro atoms. The highest BCUT2D eigenvalue weighted by molar-refractivity contribution is 5.93. The first-order valence-electron chi connectivity index (χ1n) is 8.92. The first kappa shape index (κ1) is 18.6. The van der Waals surface area contributed by atoms with Crippen LogP contribution in [0.4, 0.5) is 4.79 Å². The van der Waals surface area contributed by atoms with Gasteiger partial charge in [0.1, 0.15) is 18.2 Å². The number of hydrogen-bond acceptors (Lipinski definition) is 5. The number of hydrogen-bond donors (Lipinski definition) is 1. The highest BCUT2D eigenvalue weighted by Crippen LogP contribution is 2.15. The summed E-state index contributed by atoms with van der Waals surface area (Å²) in [7, 11) is 0. The molecule has 1 amide bonds. The smallest absolute Gasteiger partial charge is 0.408 e. The number of ether oxygens (including phenoxy) is 1. The van der Waals surface area contributed by atoms with Crippen LogP contribution in [0.2, 0.25) is 0 Å². The summed E-state index contributed by atoms with van der Waals surface area (Å²) in [5.74, 6) is -0.431. The van der Waals surface area contributed by atoms with Gasteiger partial charge in [0.25, 0.3) is 5.91 Å². The average Bonchev–Trinajstić information content (AvgIpc) is 3.14. The predicted molar refractivity (Wildman–Crippen MR) is 101 cm³/mol. The molecule has 0 aliphatic carbocycles. The molecular weight excluding hydrogens is 344 g/mol. The Balaban J connectivity index is 1.73. The van der Waals surface area contributed by atoms with E-state index < -0.39 is 12.1 Å². The van der Waals surface area contributed by atoms with E-state index >= 15 is 0 Å². The van der Waals surface area contributed by atoms with Gasteiger partial charge in [-0.15, -0.1) is 5.10 Å². The third kappa shape index (κ3) is 4.31. The van der Waals surface area contributed by atoms with Crippen LogP contribution in [-0.4, -0.2) is 33.0 Å². The number of amides is 1. The average molecular weight is 366 g/mol. The van der Waals surface area contributed by atoms with Crippen molar-refractivity contribution >= 4 is 23.0 Å². The van der Waals surface area contributed by atoms with E-state index in [4.69, 9.17) is 4.74 Å². The lowest BCUT2D eigenvalue weighted by Gasteiger charge is -2.22. The van der Waals surface area contributed by atoms with Gasteiger partial charge in [0, 0.05) is 0 Å². The first-order valence-corrected chi connectivity index (χ1v) is 8.92. The Hall–Kier alpha value is -3.22. The molecule has 1 aromatic heterocycles. The number of carbonyl (C=O) groups excluding carboxylic acids is 2. The zero-order valence-electron chi connectivity index (χ0n) is 15.3. The molecule has 7 heteroatoms. The van der Waals surface area contributed by atoms with Crippen LogP contribution in [0.25, 0.3) is 11.0 Å².